The van der Waals surface area contributed by atoms with Crippen molar-refractivity contribution < 1.29 is 14.7 Å². The van der Waals surface area contributed by atoms with Crippen LogP contribution in [0.5, 0.6) is 11.5 Å². The summed E-state index contributed by atoms with van der Waals surface area (Å²) >= 11 is 0. The van der Waals surface area contributed by atoms with E-state index in [2.05, 4.69) is 13.0 Å². The molecule has 0 saturated carbocycles. The summed E-state index contributed by atoms with van der Waals surface area (Å²) in [7, 11) is 1.58. The highest BCUT2D eigenvalue weighted by atomic mass is 16.5. The molecule has 2 fully saturated rings. The zero-order chi connectivity index (χ0) is 15.7. The van der Waals surface area contributed by atoms with Crippen LogP contribution in [0.4, 0.5) is 0 Å². The second kappa shape index (κ2) is 5.79. The minimum absolute atomic E-state index is 0.0270. The molecule has 5 heteroatoms. The Balaban J connectivity index is 1.78. The number of nitrogens with zero attached hydrogens (tertiary/aromatic N) is 2. The van der Waals surface area contributed by atoms with Crippen LogP contribution in [-0.2, 0) is 0 Å². The molecule has 22 heavy (non-hydrogen) atoms. The van der Waals surface area contributed by atoms with E-state index in [0.717, 1.165) is 32.1 Å². The van der Waals surface area contributed by atoms with Crippen molar-refractivity contribution in [3.63, 3.8) is 0 Å². The van der Waals surface area contributed by atoms with Crippen molar-refractivity contribution in [2.75, 3.05) is 7.11 Å². The Morgan fingerprint density at radius 2 is 2.27 bits per heavy atom. The number of piperidine rings is 2. The van der Waals surface area contributed by atoms with Gasteiger partial charge in [-0.1, -0.05) is 0 Å². The van der Waals surface area contributed by atoms with Crippen LogP contribution in [-0.4, -0.2) is 35.1 Å². The van der Waals surface area contributed by atoms with Crippen molar-refractivity contribution in [1.29, 1.82) is 5.26 Å². The summed E-state index contributed by atoms with van der Waals surface area (Å²) in [6, 6.07) is 7.61. The molecular formula is C17H22N2O3. The van der Waals surface area contributed by atoms with Crippen molar-refractivity contribution in [3.8, 4) is 17.6 Å². The largest absolute Gasteiger partial charge is 0.497 e. The lowest BCUT2D eigenvalue weighted by Gasteiger charge is -2.51. The molecule has 0 aromatic heterocycles. The summed E-state index contributed by atoms with van der Waals surface area (Å²) in [6.45, 7) is 2.09. The molecule has 2 heterocycles. The Kier molecular flexibility index (Phi) is 3.98. The standard InChI is InChI=1S/C17H22N2O3/c1-17-7-3-4-13(19(17)20)9-15(10-17)22-16-6-5-14(21-2)8-12(16)11-18/h5-6,8,13,15,20H,3-4,7,9-10H2,1-2H3/t13-,15+,17?/m0/s1. The van der Waals surface area contributed by atoms with Crippen LogP contribution in [0.25, 0.3) is 0 Å². The highest BCUT2D eigenvalue weighted by Gasteiger charge is 2.46. The van der Waals surface area contributed by atoms with Gasteiger partial charge in [0.1, 0.15) is 23.7 Å². The second-order valence-electron chi connectivity index (χ2n) is 6.54. The number of hydroxylamine groups is 2. The Labute approximate surface area is 131 Å². The highest BCUT2D eigenvalue weighted by molar-refractivity contribution is 5.47. The molecule has 5 nitrogen and oxygen atoms in total. The quantitative estimate of drug-likeness (QED) is 0.929. The van der Waals surface area contributed by atoms with Gasteiger partial charge < -0.3 is 14.7 Å². The normalized spacial score (nSPS) is 31.4. The third kappa shape index (κ3) is 2.65. The van der Waals surface area contributed by atoms with Crippen molar-refractivity contribution in [1.82, 2.24) is 5.06 Å². The van der Waals surface area contributed by atoms with E-state index in [9.17, 15) is 10.5 Å². The van der Waals surface area contributed by atoms with Crippen LogP contribution in [0.3, 0.4) is 0 Å². The van der Waals surface area contributed by atoms with Crippen LogP contribution < -0.4 is 9.47 Å². The van der Waals surface area contributed by atoms with Gasteiger partial charge >= 0.3 is 0 Å². The molecule has 1 aromatic carbocycles. The van der Waals surface area contributed by atoms with Crippen LogP contribution >= 0.6 is 0 Å². The number of ether oxygens (including phenoxy) is 2. The number of fused-ring (bicyclic) bond motifs is 2. The van der Waals surface area contributed by atoms with Gasteiger partial charge in [0.25, 0.3) is 0 Å². The van der Waals surface area contributed by atoms with Gasteiger partial charge in [-0.2, -0.15) is 10.3 Å². The molecule has 1 aromatic rings. The zero-order valence-electron chi connectivity index (χ0n) is 13.1. The molecule has 3 rings (SSSR count). The fraction of sp³-hybridized carbons (Fsp3) is 0.588. The van der Waals surface area contributed by atoms with E-state index in [1.165, 1.54) is 5.06 Å². The molecule has 2 saturated heterocycles. The molecule has 0 radical (unpaired) electrons. The maximum Gasteiger partial charge on any atom is 0.137 e. The minimum atomic E-state index is -0.217. The Hall–Kier alpha value is -1.77. The first-order chi connectivity index (χ1) is 10.6. The molecule has 2 aliphatic heterocycles. The Bertz CT molecular complexity index is 598. The monoisotopic (exact) mass is 302 g/mol. The van der Waals surface area contributed by atoms with E-state index in [4.69, 9.17) is 9.47 Å². The fourth-order valence-corrected chi connectivity index (χ4v) is 3.78. The molecule has 118 valence electrons. The third-order valence-electron chi connectivity index (χ3n) is 4.95. The number of hydrogen-bond acceptors (Lipinski definition) is 5. The lowest BCUT2D eigenvalue weighted by molar-refractivity contribution is -0.247. The van der Waals surface area contributed by atoms with E-state index < -0.39 is 0 Å². The van der Waals surface area contributed by atoms with Gasteiger partial charge in [0, 0.05) is 30.5 Å². The summed E-state index contributed by atoms with van der Waals surface area (Å²) in [5, 5.41) is 21.1. The number of nitriles is 1. The fourth-order valence-electron chi connectivity index (χ4n) is 3.78. The first-order valence-electron chi connectivity index (χ1n) is 7.79. The van der Waals surface area contributed by atoms with Gasteiger partial charge in [-0.3, -0.25) is 0 Å². The Morgan fingerprint density at radius 1 is 1.45 bits per heavy atom. The Morgan fingerprint density at radius 3 is 2.95 bits per heavy atom. The molecule has 0 amide bonds. The van der Waals surface area contributed by atoms with E-state index in [1.54, 1.807) is 25.3 Å². The average Bonchev–Trinajstić information content (AvgIpc) is 2.50. The summed E-state index contributed by atoms with van der Waals surface area (Å²) in [5.41, 5.74) is 0.270. The SMILES string of the molecule is COc1ccc(O[C@@H]2C[C@@H]3CCCC(C)(C2)N3O)c(C#N)c1. The highest BCUT2D eigenvalue weighted by Crippen LogP contribution is 2.42. The maximum absolute atomic E-state index is 10.3. The van der Waals surface area contributed by atoms with E-state index in [0.29, 0.717) is 17.1 Å². The topological polar surface area (TPSA) is 65.7 Å². The predicted octanol–water partition coefficient (Wildman–Crippen LogP) is 3.11. The van der Waals surface area contributed by atoms with Crippen LogP contribution in [0.1, 0.15) is 44.6 Å². The van der Waals surface area contributed by atoms with E-state index >= 15 is 0 Å². The zero-order valence-corrected chi connectivity index (χ0v) is 13.1. The summed E-state index contributed by atoms with van der Waals surface area (Å²) < 4.78 is 11.3. The van der Waals surface area contributed by atoms with Gasteiger partial charge in [-0.15, -0.1) is 0 Å². The molecule has 2 bridgehead atoms. The molecule has 2 aliphatic rings. The maximum atomic E-state index is 10.3. The summed E-state index contributed by atoms with van der Waals surface area (Å²) in [5.74, 6) is 1.25. The molecule has 3 atom stereocenters. The van der Waals surface area contributed by atoms with Gasteiger partial charge in [-0.05, 0) is 38.3 Å². The van der Waals surface area contributed by atoms with Crippen molar-refractivity contribution in [2.45, 2.75) is 56.7 Å². The lowest BCUT2D eigenvalue weighted by Crippen LogP contribution is -2.60. The summed E-state index contributed by atoms with van der Waals surface area (Å²) in [6.07, 6.45) is 4.73. The van der Waals surface area contributed by atoms with Gasteiger partial charge in [-0.25, -0.2) is 0 Å². The van der Waals surface area contributed by atoms with E-state index in [1.807, 2.05) is 0 Å². The molecule has 0 spiro atoms. The second-order valence-corrected chi connectivity index (χ2v) is 6.54. The first kappa shape index (κ1) is 15.1. The summed E-state index contributed by atoms with van der Waals surface area (Å²) in [4.78, 5) is 0. The van der Waals surface area contributed by atoms with Gasteiger partial charge in [0.05, 0.1) is 12.7 Å². The average molecular weight is 302 g/mol. The number of benzene rings is 1. The number of hydrogen-bond donors (Lipinski definition) is 1. The number of rotatable bonds is 3. The van der Waals surface area contributed by atoms with E-state index in [-0.39, 0.29) is 17.7 Å². The molecule has 1 N–H and O–H groups in total. The van der Waals surface area contributed by atoms with Gasteiger partial charge in [0.15, 0.2) is 0 Å². The van der Waals surface area contributed by atoms with Crippen LogP contribution in [0, 0.1) is 11.3 Å². The van der Waals surface area contributed by atoms with Gasteiger partial charge in [0.2, 0.25) is 0 Å². The molecule has 1 unspecified atom stereocenters. The van der Waals surface area contributed by atoms with Crippen molar-refractivity contribution in [3.05, 3.63) is 23.8 Å². The smallest absolute Gasteiger partial charge is 0.137 e. The third-order valence-corrected chi connectivity index (χ3v) is 4.95. The van der Waals surface area contributed by atoms with Crippen LogP contribution in [0.2, 0.25) is 0 Å². The lowest BCUT2D eigenvalue weighted by atomic mass is 9.76. The number of methoxy groups -OCH3 is 1. The van der Waals surface area contributed by atoms with Crippen molar-refractivity contribution >= 4 is 0 Å². The predicted molar refractivity (Wildman–Crippen MR) is 81.0 cm³/mol. The van der Waals surface area contributed by atoms with Crippen molar-refractivity contribution in [2.24, 2.45) is 0 Å². The molecule has 0 aliphatic carbocycles. The molecular weight excluding hydrogens is 280 g/mol. The minimum Gasteiger partial charge on any atom is -0.497 e. The first-order valence-corrected chi connectivity index (χ1v) is 7.79. The van der Waals surface area contributed by atoms with Crippen LogP contribution in [0.15, 0.2) is 18.2 Å².